The van der Waals surface area contributed by atoms with Crippen LogP contribution < -0.4 is 0 Å². The third kappa shape index (κ3) is 2.40. The normalized spacial score (nSPS) is 16.1. The molecular formula is C10H13NO6S. The zero-order valence-corrected chi connectivity index (χ0v) is 10.3. The maximum atomic E-state index is 12.2. The Labute approximate surface area is 104 Å². The van der Waals surface area contributed by atoms with Gasteiger partial charge in [-0.15, -0.1) is 0 Å². The van der Waals surface area contributed by atoms with Crippen molar-refractivity contribution in [3.05, 3.63) is 17.9 Å². The van der Waals surface area contributed by atoms with Crippen LogP contribution in [-0.2, 0) is 10.0 Å². The van der Waals surface area contributed by atoms with Crippen molar-refractivity contribution in [2.45, 2.75) is 24.0 Å². The van der Waals surface area contributed by atoms with E-state index >= 15 is 0 Å². The maximum absolute atomic E-state index is 12.2. The van der Waals surface area contributed by atoms with E-state index in [2.05, 4.69) is 0 Å². The predicted octanol–water partition coefficient (Wildman–Crippen LogP) is 0.123. The van der Waals surface area contributed by atoms with Crippen LogP contribution in [0.1, 0.15) is 23.4 Å². The highest BCUT2D eigenvalue weighted by atomic mass is 32.2. The number of sulfonamides is 1. The van der Waals surface area contributed by atoms with Gasteiger partial charge < -0.3 is 14.6 Å². The third-order valence-electron chi connectivity index (χ3n) is 2.63. The van der Waals surface area contributed by atoms with Gasteiger partial charge in [-0.3, -0.25) is 0 Å². The quantitative estimate of drug-likeness (QED) is 0.763. The number of aliphatic hydroxyl groups is 1. The average molecular weight is 275 g/mol. The van der Waals surface area contributed by atoms with Gasteiger partial charge in [0.2, 0.25) is 10.9 Å². The molecule has 0 radical (unpaired) electrons. The lowest BCUT2D eigenvalue weighted by Crippen LogP contribution is -2.35. The van der Waals surface area contributed by atoms with Crippen LogP contribution in [0.4, 0.5) is 0 Å². The number of rotatable bonds is 6. The Balaban J connectivity index is 2.30. The highest BCUT2D eigenvalue weighted by Crippen LogP contribution is 2.32. The fourth-order valence-corrected chi connectivity index (χ4v) is 3.24. The van der Waals surface area contributed by atoms with Gasteiger partial charge in [0.05, 0.1) is 6.61 Å². The summed E-state index contributed by atoms with van der Waals surface area (Å²) in [6, 6.07) is 2.09. The monoisotopic (exact) mass is 275 g/mol. The lowest BCUT2D eigenvalue weighted by atomic mass is 10.5. The molecular weight excluding hydrogens is 262 g/mol. The lowest BCUT2D eigenvalue weighted by molar-refractivity contribution is 0.0656. The molecule has 0 atom stereocenters. The summed E-state index contributed by atoms with van der Waals surface area (Å²) in [5.74, 6) is -1.75. The molecule has 1 aliphatic carbocycles. The van der Waals surface area contributed by atoms with Gasteiger partial charge in [0, 0.05) is 12.6 Å². The van der Waals surface area contributed by atoms with E-state index in [1.54, 1.807) is 0 Å². The molecule has 1 saturated carbocycles. The summed E-state index contributed by atoms with van der Waals surface area (Å²) in [7, 11) is -3.87. The van der Waals surface area contributed by atoms with Crippen molar-refractivity contribution in [2.75, 3.05) is 13.2 Å². The summed E-state index contributed by atoms with van der Waals surface area (Å²) >= 11 is 0. The minimum atomic E-state index is -3.87. The van der Waals surface area contributed by atoms with Gasteiger partial charge >= 0.3 is 5.97 Å². The van der Waals surface area contributed by atoms with E-state index in [-0.39, 0.29) is 19.2 Å². The standard InChI is InChI=1S/C10H13NO6S/c12-6-5-11(7-1-2-7)18(15,16)9-4-3-8(17-9)10(13)14/h3-4,7,12H,1-2,5-6H2,(H,13,14). The van der Waals surface area contributed by atoms with Crippen LogP contribution in [0.3, 0.4) is 0 Å². The van der Waals surface area contributed by atoms with Crippen molar-refractivity contribution in [2.24, 2.45) is 0 Å². The van der Waals surface area contributed by atoms with Crippen molar-refractivity contribution in [3.63, 3.8) is 0 Å². The highest BCUT2D eigenvalue weighted by Gasteiger charge is 2.39. The second-order valence-electron chi connectivity index (χ2n) is 3.99. The minimum Gasteiger partial charge on any atom is -0.475 e. The minimum absolute atomic E-state index is 0.0178. The molecule has 0 saturated heterocycles. The molecule has 18 heavy (non-hydrogen) atoms. The number of aliphatic hydroxyl groups excluding tert-OH is 1. The summed E-state index contributed by atoms with van der Waals surface area (Å²) in [6.07, 6.45) is 1.48. The van der Waals surface area contributed by atoms with Gasteiger partial charge in [-0.25, -0.2) is 13.2 Å². The fourth-order valence-electron chi connectivity index (χ4n) is 1.65. The number of carboxylic acids is 1. The Morgan fingerprint density at radius 3 is 2.56 bits per heavy atom. The molecule has 1 heterocycles. The summed E-state index contributed by atoms with van der Waals surface area (Å²) in [6.45, 7) is -0.307. The van der Waals surface area contributed by atoms with E-state index in [9.17, 15) is 13.2 Å². The Kier molecular flexibility index (Phi) is 3.42. The Morgan fingerprint density at radius 1 is 1.44 bits per heavy atom. The first-order valence-corrected chi connectivity index (χ1v) is 6.86. The maximum Gasteiger partial charge on any atom is 0.371 e. The van der Waals surface area contributed by atoms with E-state index in [1.807, 2.05) is 0 Å². The van der Waals surface area contributed by atoms with Gasteiger partial charge in [-0.1, -0.05) is 0 Å². The zero-order chi connectivity index (χ0) is 13.3. The van der Waals surface area contributed by atoms with E-state index in [0.29, 0.717) is 0 Å². The molecule has 1 fully saturated rings. The average Bonchev–Trinajstić information content (AvgIpc) is 2.99. The second kappa shape index (κ2) is 4.71. The van der Waals surface area contributed by atoms with E-state index in [0.717, 1.165) is 29.3 Å². The van der Waals surface area contributed by atoms with Gasteiger partial charge in [-0.05, 0) is 25.0 Å². The predicted molar refractivity (Wildman–Crippen MR) is 59.7 cm³/mol. The molecule has 1 aromatic rings. The number of carbonyl (C=O) groups is 1. The van der Waals surface area contributed by atoms with Crippen LogP contribution in [0.2, 0.25) is 0 Å². The summed E-state index contributed by atoms with van der Waals surface area (Å²) < 4.78 is 30.3. The molecule has 7 nitrogen and oxygen atoms in total. The van der Waals surface area contributed by atoms with Crippen LogP contribution in [0, 0.1) is 0 Å². The molecule has 0 amide bonds. The van der Waals surface area contributed by atoms with E-state index < -0.39 is 26.8 Å². The van der Waals surface area contributed by atoms with Crippen molar-refractivity contribution in [3.8, 4) is 0 Å². The van der Waals surface area contributed by atoms with Crippen LogP contribution >= 0.6 is 0 Å². The fraction of sp³-hybridized carbons (Fsp3) is 0.500. The summed E-state index contributed by atoms with van der Waals surface area (Å²) in [4.78, 5) is 10.6. The molecule has 8 heteroatoms. The number of hydrogen-bond acceptors (Lipinski definition) is 5. The van der Waals surface area contributed by atoms with Crippen molar-refractivity contribution in [1.82, 2.24) is 4.31 Å². The first kappa shape index (κ1) is 13.1. The zero-order valence-electron chi connectivity index (χ0n) is 9.44. The van der Waals surface area contributed by atoms with Crippen LogP contribution in [0.15, 0.2) is 21.6 Å². The highest BCUT2D eigenvalue weighted by molar-refractivity contribution is 7.89. The number of nitrogens with zero attached hydrogens (tertiary/aromatic N) is 1. The molecule has 1 aromatic heterocycles. The van der Waals surface area contributed by atoms with E-state index in [4.69, 9.17) is 14.6 Å². The number of aromatic carboxylic acids is 1. The molecule has 1 aliphatic rings. The van der Waals surface area contributed by atoms with Crippen molar-refractivity contribution < 1.29 is 27.8 Å². The Morgan fingerprint density at radius 2 is 2.11 bits per heavy atom. The smallest absolute Gasteiger partial charge is 0.371 e. The topological polar surface area (TPSA) is 108 Å². The SMILES string of the molecule is O=C(O)c1ccc(S(=O)(=O)N(CCO)C2CC2)o1. The number of carboxylic acid groups (broad SMARTS) is 1. The summed E-state index contributed by atoms with van der Waals surface area (Å²) in [5, 5.41) is 17.2. The molecule has 2 N–H and O–H groups in total. The van der Waals surface area contributed by atoms with Gasteiger partial charge in [0.15, 0.2) is 0 Å². The molecule has 0 spiro atoms. The molecule has 100 valence electrons. The Bertz CT molecular complexity index is 544. The third-order valence-corrected chi connectivity index (χ3v) is 4.46. The van der Waals surface area contributed by atoms with Gasteiger partial charge in [0.1, 0.15) is 0 Å². The second-order valence-corrected chi connectivity index (χ2v) is 5.82. The largest absolute Gasteiger partial charge is 0.475 e. The molecule has 2 rings (SSSR count). The molecule has 0 aliphatic heterocycles. The first-order chi connectivity index (χ1) is 8.46. The number of hydrogen-bond donors (Lipinski definition) is 2. The van der Waals surface area contributed by atoms with Gasteiger partial charge in [-0.2, -0.15) is 4.31 Å². The summed E-state index contributed by atoms with van der Waals surface area (Å²) in [5.41, 5.74) is 0. The Hall–Kier alpha value is -1.38. The lowest BCUT2D eigenvalue weighted by Gasteiger charge is -2.18. The molecule has 0 bridgehead atoms. The molecule has 0 unspecified atom stereocenters. The van der Waals surface area contributed by atoms with E-state index in [1.165, 1.54) is 0 Å². The number of furan rings is 1. The van der Waals surface area contributed by atoms with Crippen LogP contribution in [0.5, 0.6) is 0 Å². The van der Waals surface area contributed by atoms with Crippen molar-refractivity contribution in [1.29, 1.82) is 0 Å². The van der Waals surface area contributed by atoms with Crippen molar-refractivity contribution >= 4 is 16.0 Å². The van der Waals surface area contributed by atoms with Crippen LogP contribution in [0.25, 0.3) is 0 Å². The molecule has 0 aromatic carbocycles. The van der Waals surface area contributed by atoms with Crippen LogP contribution in [-0.4, -0.2) is 48.1 Å². The van der Waals surface area contributed by atoms with Gasteiger partial charge in [0.25, 0.3) is 10.0 Å². The first-order valence-electron chi connectivity index (χ1n) is 5.42.